The molecule has 0 atom stereocenters. The van der Waals surface area contributed by atoms with Crippen LogP contribution in [0.5, 0.6) is 0 Å². The molecule has 17 heavy (non-hydrogen) atoms. The molecule has 1 N–H and O–H groups in total. The second-order valence-corrected chi connectivity index (χ2v) is 4.84. The lowest BCUT2D eigenvalue weighted by atomic mass is 10.1. The van der Waals surface area contributed by atoms with E-state index in [4.69, 9.17) is 0 Å². The molecule has 0 bridgehead atoms. The molecule has 2 nitrogen and oxygen atoms in total. The lowest BCUT2D eigenvalue weighted by molar-refractivity contribution is 1.26. The molecule has 0 saturated heterocycles. The van der Waals surface area contributed by atoms with Crippen molar-refractivity contribution in [2.45, 2.75) is 6.92 Å². The Morgan fingerprint density at radius 3 is 2.65 bits per heavy atom. The maximum absolute atomic E-state index is 4.39. The van der Waals surface area contributed by atoms with Crippen LogP contribution in [-0.4, -0.2) is 4.98 Å². The highest BCUT2D eigenvalue weighted by Gasteiger charge is 2.00. The van der Waals surface area contributed by atoms with Crippen molar-refractivity contribution in [3.05, 3.63) is 53.5 Å². The lowest BCUT2D eigenvalue weighted by Gasteiger charge is -2.04. The van der Waals surface area contributed by atoms with Gasteiger partial charge in [0.25, 0.3) is 0 Å². The first kappa shape index (κ1) is 10.3. The molecule has 0 fully saturated rings. The van der Waals surface area contributed by atoms with Crippen LogP contribution in [-0.2, 0) is 0 Å². The van der Waals surface area contributed by atoms with E-state index in [2.05, 4.69) is 52.8 Å². The Balaban J connectivity index is 1.95. The minimum Gasteiger partial charge on any atom is -0.332 e. The van der Waals surface area contributed by atoms with Gasteiger partial charge >= 0.3 is 0 Å². The molecule has 84 valence electrons. The van der Waals surface area contributed by atoms with E-state index < -0.39 is 0 Å². The number of anilines is 2. The van der Waals surface area contributed by atoms with Crippen molar-refractivity contribution >= 4 is 32.9 Å². The summed E-state index contributed by atoms with van der Waals surface area (Å²) in [4.78, 5) is 4.39. The molecule has 0 aliphatic heterocycles. The number of hydrogen-bond acceptors (Lipinski definition) is 3. The standard InChI is InChI=1S/C14H12N2S/c1-10-9-17-14(15-10)16-13-7-6-11-4-2-3-5-12(11)8-13/h2-9H,1H3,(H,15,16). The van der Waals surface area contributed by atoms with Gasteiger partial charge in [0.2, 0.25) is 0 Å². The van der Waals surface area contributed by atoms with Crippen LogP contribution in [0.3, 0.4) is 0 Å². The van der Waals surface area contributed by atoms with Gasteiger partial charge in [0.05, 0.1) is 5.69 Å². The van der Waals surface area contributed by atoms with Crippen LogP contribution in [0.2, 0.25) is 0 Å². The van der Waals surface area contributed by atoms with E-state index in [0.717, 1.165) is 16.5 Å². The number of aromatic nitrogens is 1. The molecule has 0 aliphatic carbocycles. The monoisotopic (exact) mass is 240 g/mol. The average molecular weight is 240 g/mol. The van der Waals surface area contributed by atoms with E-state index in [-0.39, 0.29) is 0 Å². The van der Waals surface area contributed by atoms with E-state index in [1.165, 1.54) is 10.8 Å². The molecular weight excluding hydrogens is 228 g/mol. The average Bonchev–Trinajstić information content (AvgIpc) is 2.75. The first-order valence-electron chi connectivity index (χ1n) is 5.49. The number of aryl methyl sites for hydroxylation is 1. The van der Waals surface area contributed by atoms with Gasteiger partial charge in [0, 0.05) is 11.1 Å². The maximum Gasteiger partial charge on any atom is 0.187 e. The molecule has 1 aromatic heterocycles. The Labute approximate surface area is 104 Å². The minimum atomic E-state index is 0.942. The van der Waals surface area contributed by atoms with Crippen molar-refractivity contribution < 1.29 is 0 Å². The topological polar surface area (TPSA) is 24.9 Å². The van der Waals surface area contributed by atoms with Gasteiger partial charge in [-0.2, -0.15) is 0 Å². The van der Waals surface area contributed by atoms with Crippen LogP contribution in [0, 0.1) is 6.92 Å². The van der Waals surface area contributed by atoms with E-state index in [9.17, 15) is 0 Å². The van der Waals surface area contributed by atoms with Crippen LogP contribution in [0.25, 0.3) is 10.8 Å². The minimum absolute atomic E-state index is 0.942. The molecule has 0 radical (unpaired) electrons. The van der Waals surface area contributed by atoms with Crippen LogP contribution in [0.15, 0.2) is 47.8 Å². The van der Waals surface area contributed by atoms with Crippen LogP contribution >= 0.6 is 11.3 Å². The van der Waals surface area contributed by atoms with Crippen molar-refractivity contribution in [3.63, 3.8) is 0 Å². The zero-order valence-electron chi connectivity index (χ0n) is 9.47. The number of nitrogens with zero attached hydrogens (tertiary/aromatic N) is 1. The smallest absolute Gasteiger partial charge is 0.187 e. The summed E-state index contributed by atoms with van der Waals surface area (Å²) in [7, 11) is 0. The van der Waals surface area contributed by atoms with Crippen molar-refractivity contribution in [3.8, 4) is 0 Å². The van der Waals surface area contributed by atoms with Crippen molar-refractivity contribution in [2.24, 2.45) is 0 Å². The van der Waals surface area contributed by atoms with Gasteiger partial charge < -0.3 is 5.32 Å². The number of benzene rings is 2. The van der Waals surface area contributed by atoms with Gasteiger partial charge in [-0.25, -0.2) is 4.98 Å². The quantitative estimate of drug-likeness (QED) is 0.720. The predicted molar refractivity (Wildman–Crippen MR) is 74.1 cm³/mol. The van der Waals surface area contributed by atoms with Crippen LogP contribution < -0.4 is 5.32 Å². The van der Waals surface area contributed by atoms with E-state index >= 15 is 0 Å². The van der Waals surface area contributed by atoms with Gasteiger partial charge in [-0.1, -0.05) is 30.3 Å². The van der Waals surface area contributed by atoms with Gasteiger partial charge in [0.1, 0.15) is 0 Å². The number of thiazole rings is 1. The molecular formula is C14H12N2S. The maximum atomic E-state index is 4.39. The van der Waals surface area contributed by atoms with Crippen molar-refractivity contribution in [1.82, 2.24) is 4.98 Å². The molecule has 0 saturated carbocycles. The molecule has 3 aromatic rings. The van der Waals surface area contributed by atoms with Gasteiger partial charge in [-0.05, 0) is 29.8 Å². The largest absolute Gasteiger partial charge is 0.332 e. The summed E-state index contributed by atoms with van der Waals surface area (Å²) in [5, 5.41) is 8.81. The summed E-state index contributed by atoms with van der Waals surface area (Å²) in [6, 6.07) is 14.7. The van der Waals surface area contributed by atoms with Crippen LogP contribution in [0.1, 0.15) is 5.69 Å². The highest BCUT2D eigenvalue weighted by molar-refractivity contribution is 7.13. The Bertz CT molecular complexity index is 658. The SMILES string of the molecule is Cc1csc(Nc2ccc3ccccc3c2)n1. The second-order valence-electron chi connectivity index (χ2n) is 3.98. The van der Waals surface area contributed by atoms with Gasteiger partial charge in [-0.15, -0.1) is 11.3 Å². The van der Waals surface area contributed by atoms with Crippen molar-refractivity contribution in [1.29, 1.82) is 0 Å². The molecule has 3 heteroatoms. The number of nitrogens with one attached hydrogen (secondary N) is 1. The summed E-state index contributed by atoms with van der Waals surface area (Å²) in [6.07, 6.45) is 0. The lowest BCUT2D eigenvalue weighted by Crippen LogP contribution is -1.89. The Kier molecular flexibility index (Phi) is 2.53. The molecule has 3 rings (SSSR count). The summed E-state index contributed by atoms with van der Waals surface area (Å²) < 4.78 is 0. The van der Waals surface area contributed by atoms with Gasteiger partial charge in [-0.3, -0.25) is 0 Å². The van der Waals surface area contributed by atoms with E-state index in [1.807, 2.05) is 12.3 Å². The molecule has 0 aliphatic rings. The Morgan fingerprint density at radius 1 is 1.06 bits per heavy atom. The molecule has 0 spiro atoms. The fraction of sp³-hybridized carbons (Fsp3) is 0.0714. The zero-order valence-corrected chi connectivity index (χ0v) is 10.3. The zero-order chi connectivity index (χ0) is 11.7. The fourth-order valence-electron chi connectivity index (χ4n) is 1.80. The highest BCUT2D eigenvalue weighted by atomic mass is 32.1. The molecule has 1 heterocycles. The third-order valence-electron chi connectivity index (χ3n) is 2.62. The third kappa shape index (κ3) is 2.15. The summed E-state index contributed by atoms with van der Waals surface area (Å²) in [5.74, 6) is 0. The predicted octanol–water partition coefficient (Wildman–Crippen LogP) is 4.35. The second kappa shape index (κ2) is 4.18. The first-order chi connectivity index (χ1) is 8.31. The number of rotatable bonds is 2. The Hall–Kier alpha value is -1.87. The summed E-state index contributed by atoms with van der Waals surface area (Å²) >= 11 is 1.63. The van der Waals surface area contributed by atoms with Crippen LogP contribution in [0.4, 0.5) is 10.8 Å². The first-order valence-corrected chi connectivity index (χ1v) is 6.37. The summed E-state index contributed by atoms with van der Waals surface area (Å²) in [5.41, 5.74) is 2.14. The van der Waals surface area contributed by atoms with E-state index in [0.29, 0.717) is 0 Å². The van der Waals surface area contributed by atoms with Gasteiger partial charge in [0.15, 0.2) is 5.13 Å². The fourth-order valence-corrected chi connectivity index (χ4v) is 2.51. The molecule has 0 unspecified atom stereocenters. The molecule has 0 amide bonds. The third-order valence-corrected chi connectivity index (χ3v) is 3.50. The highest BCUT2D eigenvalue weighted by Crippen LogP contribution is 2.24. The number of fused-ring (bicyclic) bond motifs is 1. The molecule has 2 aromatic carbocycles. The number of hydrogen-bond donors (Lipinski definition) is 1. The van der Waals surface area contributed by atoms with Crippen molar-refractivity contribution in [2.75, 3.05) is 5.32 Å². The normalized spacial score (nSPS) is 10.6. The van der Waals surface area contributed by atoms with E-state index in [1.54, 1.807) is 11.3 Å². The Morgan fingerprint density at radius 2 is 1.88 bits per heavy atom. The summed E-state index contributed by atoms with van der Waals surface area (Å²) in [6.45, 7) is 2.00.